The fourth-order valence-electron chi connectivity index (χ4n) is 4.10. The summed E-state index contributed by atoms with van der Waals surface area (Å²) < 4.78 is 3.63. The number of carbonyl (C=O) groups excluding carboxylic acids is 1. The molecule has 0 aliphatic heterocycles. The molecule has 29 heavy (non-hydrogen) atoms. The molecule has 1 saturated carbocycles. The SMILES string of the molecule is Cc1nn(C)c(C)c1NC(=O)c1cn(C2CCC(O)CC2)c2ncccc2c1=O. The van der Waals surface area contributed by atoms with E-state index in [0.29, 0.717) is 35.3 Å². The fraction of sp³-hybridized carbons (Fsp3) is 0.429. The quantitative estimate of drug-likeness (QED) is 0.709. The number of nitrogens with one attached hydrogen (secondary N) is 1. The van der Waals surface area contributed by atoms with E-state index in [0.717, 1.165) is 18.5 Å². The van der Waals surface area contributed by atoms with E-state index < -0.39 is 5.91 Å². The number of nitrogens with zero attached hydrogens (tertiary/aromatic N) is 4. The molecule has 152 valence electrons. The Kier molecular flexibility index (Phi) is 4.96. The second kappa shape index (κ2) is 7.44. The molecule has 0 bridgehead atoms. The van der Waals surface area contributed by atoms with Crippen molar-refractivity contribution in [2.45, 2.75) is 51.7 Å². The lowest BCUT2D eigenvalue weighted by atomic mass is 9.92. The summed E-state index contributed by atoms with van der Waals surface area (Å²) in [5.74, 6) is -0.454. The monoisotopic (exact) mass is 395 g/mol. The number of rotatable bonds is 3. The molecule has 0 radical (unpaired) electrons. The molecule has 1 aliphatic carbocycles. The Bertz CT molecular complexity index is 1140. The topological polar surface area (TPSA) is 102 Å². The third-order valence-corrected chi connectivity index (χ3v) is 5.84. The zero-order valence-electron chi connectivity index (χ0n) is 16.8. The van der Waals surface area contributed by atoms with Gasteiger partial charge in [0.1, 0.15) is 11.2 Å². The average molecular weight is 395 g/mol. The van der Waals surface area contributed by atoms with Crippen LogP contribution in [0.15, 0.2) is 29.3 Å². The number of aryl methyl sites for hydroxylation is 2. The summed E-state index contributed by atoms with van der Waals surface area (Å²) >= 11 is 0. The number of pyridine rings is 2. The molecule has 0 saturated heterocycles. The van der Waals surface area contributed by atoms with Crippen LogP contribution in [0.25, 0.3) is 11.0 Å². The van der Waals surface area contributed by atoms with Gasteiger partial charge in [0.15, 0.2) is 0 Å². The van der Waals surface area contributed by atoms with E-state index >= 15 is 0 Å². The van der Waals surface area contributed by atoms with Crippen LogP contribution in [0.3, 0.4) is 0 Å². The molecule has 4 rings (SSSR count). The van der Waals surface area contributed by atoms with E-state index in [-0.39, 0.29) is 23.1 Å². The van der Waals surface area contributed by atoms with Crippen LogP contribution in [-0.4, -0.2) is 36.4 Å². The van der Waals surface area contributed by atoms with Gasteiger partial charge in [-0.05, 0) is 51.7 Å². The molecule has 0 atom stereocenters. The zero-order valence-corrected chi connectivity index (χ0v) is 16.8. The smallest absolute Gasteiger partial charge is 0.261 e. The van der Waals surface area contributed by atoms with Crippen LogP contribution in [-0.2, 0) is 7.05 Å². The van der Waals surface area contributed by atoms with Crippen molar-refractivity contribution in [2.75, 3.05) is 5.32 Å². The third kappa shape index (κ3) is 3.44. The zero-order chi connectivity index (χ0) is 20.7. The van der Waals surface area contributed by atoms with Crippen molar-refractivity contribution in [1.82, 2.24) is 19.3 Å². The van der Waals surface area contributed by atoms with E-state index in [1.807, 2.05) is 25.5 Å². The lowest BCUT2D eigenvalue weighted by Crippen LogP contribution is -2.28. The van der Waals surface area contributed by atoms with Gasteiger partial charge in [-0.2, -0.15) is 5.10 Å². The highest BCUT2D eigenvalue weighted by molar-refractivity contribution is 6.06. The maximum absolute atomic E-state index is 13.1. The van der Waals surface area contributed by atoms with Gasteiger partial charge in [-0.3, -0.25) is 14.3 Å². The molecule has 1 fully saturated rings. The lowest BCUT2D eigenvalue weighted by molar-refractivity contribution is 0.102. The first kappa shape index (κ1) is 19.3. The van der Waals surface area contributed by atoms with Crippen molar-refractivity contribution in [3.8, 4) is 0 Å². The normalized spacial score (nSPS) is 19.4. The Morgan fingerprint density at radius 2 is 1.97 bits per heavy atom. The number of hydrogen-bond donors (Lipinski definition) is 2. The summed E-state index contributed by atoms with van der Waals surface area (Å²) in [6, 6.07) is 3.50. The van der Waals surface area contributed by atoms with E-state index in [9.17, 15) is 14.7 Å². The fourth-order valence-corrected chi connectivity index (χ4v) is 4.10. The number of carbonyl (C=O) groups is 1. The van der Waals surface area contributed by atoms with Gasteiger partial charge in [-0.25, -0.2) is 4.98 Å². The number of aliphatic hydroxyl groups excluding tert-OH is 1. The number of anilines is 1. The highest BCUT2D eigenvalue weighted by atomic mass is 16.3. The van der Waals surface area contributed by atoms with Crippen molar-refractivity contribution >= 4 is 22.6 Å². The molecule has 3 aromatic heterocycles. The highest BCUT2D eigenvalue weighted by Gasteiger charge is 2.25. The van der Waals surface area contributed by atoms with Crippen LogP contribution in [0.5, 0.6) is 0 Å². The lowest BCUT2D eigenvalue weighted by Gasteiger charge is -2.28. The maximum atomic E-state index is 13.1. The molecule has 1 aliphatic rings. The van der Waals surface area contributed by atoms with Crippen LogP contribution in [0.4, 0.5) is 5.69 Å². The number of hydrogen-bond acceptors (Lipinski definition) is 5. The molecule has 3 aromatic rings. The summed E-state index contributed by atoms with van der Waals surface area (Å²) in [5.41, 5.74) is 2.46. The van der Waals surface area contributed by atoms with Gasteiger partial charge in [-0.15, -0.1) is 0 Å². The molecule has 3 heterocycles. The van der Waals surface area contributed by atoms with Crippen LogP contribution in [0.2, 0.25) is 0 Å². The summed E-state index contributed by atoms with van der Waals surface area (Å²) in [5, 5.41) is 17.4. The summed E-state index contributed by atoms with van der Waals surface area (Å²) in [4.78, 5) is 30.5. The van der Waals surface area contributed by atoms with Crippen molar-refractivity contribution in [2.24, 2.45) is 7.05 Å². The van der Waals surface area contributed by atoms with Gasteiger partial charge in [0.05, 0.1) is 28.6 Å². The standard InChI is InChI=1S/C21H25N5O3/c1-12-18(13(2)25(3)24-12)23-21(29)17-11-26(14-6-8-15(27)9-7-14)20-16(19(17)28)5-4-10-22-20/h4-5,10-11,14-15,27H,6-9H2,1-3H3,(H,23,29). The predicted octanol–water partition coefficient (Wildman–Crippen LogP) is 2.48. The molecule has 8 nitrogen and oxygen atoms in total. The Labute approximate surface area is 168 Å². The third-order valence-electron chi connectivity index (χ3n) is 5.84. The van der Waals surface area contributed by atoms with Gasteiger partial charge in [0.25, 0.3) is 5.91 Å². The number of aromatic nitrogens is 4. The molecule has 0 aromatic carbocycles. The first-order valence-corrected chi connectivity index (χ1v) is 9.86. The minimum Gasteiger partial charge on any atom is -0.393 e. The predicted molar refractivity (Wildman–Crippen MR) is 110 cm³/mol. The summed E-state index contributed by atoms with van der Waals surface area (Å²) in [7, 11) is 1.81. The molecular formula is C21H25N5O3. The Hall–Kier alpha value is -3.00. The molecule has 8 heteroatoms. The van der Waals surface area contributed by atoms with Crippen LogP contribution < -0.4 is 10.7 Å². The van der Waals surface area contributed by atoms with Crippen molar-refractivity contribution < 1.29 is 9.90 Å². The number of fused-ring (bicyclic) bond motifs is 1. The number of amides is 1. The molecule has 1 amide bonds. The maximum Gasteiger partial charge on any atom is 0.261 e. The van der Waals surface area contributed by atoms with Crippen LogP contribution in [0, 0.1) is 13.8 Å². The van der Waals surface area contributed by atoms with Crippen LogP contribution >= 0.6 is 0 Å². The van der Waals surface area contributed by atoms with Gasteiger partial charge < -0.3 is 15.0 Å². The van der Waals surface area contributed by atoms with E-state index in [2.05, 4.69) is 15.4 Å². The van der Waals surface area contributed by atoms with Crippen LogP contribution in [0.1, 0.15) is 53.5 Å². The second-order valence-corrected chi connectivity index (χ2v) is 7.74. The summed E-state index contributed by atoms with van der Waals surface area (Å²) in [6.45, 7) is 3.68. The van der Waals surface area contributed by atoms with E-state index in [4.69, 9.17) is 0 Å². The largest absolute Gasteiger partial charge is 0.393 e. The van der Waals surface area contributed by atoms with Gasteiger partial charge in [-0.1, -0.05) is 0 Å². The first-order valence-electron chi connectivity index (χ1n) is 9.86. The van der Waals surface area contributed by atoms with Gasteiger partial charge >= 0.3 is 0 Å². The van der Waals surface area contributed by atoms with E-state index in [1.165, 1.54) is 0 Å². The Balaban J connectivity index is 1.79. The van der Waals surface area contributed by atoms with Crippen molar-refractivity contribution in [1.29, 1.82) is 0 Å². The Morgan fingerprint density at radius 1 is 1.24 bits per heavy atom. The minimum absolute atomic E-state index is 0.0827. The molecular weight excluding hydrogens is 370 g/mol. The number of aliphatic hydroxyl groups is 1. The molecule has 0 spiro atoms. The summed E-state index contributed by atoms with van der Waals surface area (Å²) in [6.07, 6.45) is 5.93. The minimum atomic E-state index is -0.454. The average Bonchev–Trinajstić information content (AvgIpc) is 2.95. The molecule has 2 N–H and O–H groups in total. The van der Waals surface area contributed by atoms with Crippen molar-refractivity contribution in [3.63, 3.8) is 0 Å². The highest BCUT2D eigenvalue weighted by Crippen LogP contribution is 2.30. The second-order valence-electron chi connectivity index (χ2n) is 7.74. The van der Waals surface area contributed by atoms with Gasteiger partial charge in [0.2, 0.25) is 5.43 Å². The van der Waals surface area contributed by atoms with Gasteiger partial charge in [0, 0.05) is 25.5 Å². The molecule has 0 unspecified atom stereocenters. The first-order chi connectivity index (χ1) is 13.9. The van der Waals surface area contributed by atoms with E-state index in [1.54, 1.807) is 29.2 Å². The van der Waals surface area contributed by atoms with Crippen molar-refractivity contribution in [3.05, 3.63) is 51.7 Å². The Morgan fingerprint density at radius 3 is 2.62 bits per heavy atom.